The SMILES string of the molecule is CCCCCCCCCCCCCCCCCC(=O)N/N=C\c1ccc(OC(=O)c2ccc(OCCCC)cc2)cc1. The molecule has 1 N–H and O–H groups in total. The third-order valence-electron chi connectivity index (χ3n) is 7.36. The lowest BCUT2D eigenvalue weighted by molar-refractivity contribution is -0.121. The fourth-order valence-corrected chi connectivity index (χ4v) is 4.70. The van der Waals surface area contributed by atoms with Crippen LogP contribution in [0.2, 0.25) is 0 Å². The highest BCUT2D eigenvalue weighted by Gasteiger charge is 2.09. The van der Waals surface area contributed by atoms with Crippen LogP contribution in [0, 0.1) is 0 Å². The number of amides is 1. The zero-order valence-electron chi connectivity index (χ0n) is 26.2. The van der Waals surface area contributed by atoms with E-state index in [9.17, 15) is 9.59 Å². The van der Waals surface area contributed by atoms with Gasteiger partial charge in [0.05, 0.1) is 18.4 Å². The minimum absolute atomic E-state index is 0.0618. The minimum Gasteiger partial charge on any atom is -0.494 e. The van der Waals surface area contributed by atoms with Gasteiger partial charge in [0.15, 0.2) is 0 Å². The number of hydrazone groups is 1. The van der Waals surface area contributed by atoms with Crippen molar-refractivity contribution in [2.45, 2.75) is 129 Å². The molecule has 0 aliphatic rings. The number of nitrogens with one attached hydrogen (secondary N) is 1. The number of benzene rings is 2. The van der Waals surface area contributed by atoms with Gasteiger partial charge in [-0.2, -0.15) is 5.10 Å². The highest BCUT2D eigenvalue weighted by molar-refractivity contribution is 5.91. The molecule has 6 heteroatoms. The van der Waals surface area contributed by atoms with E-state index in [-0.39, 0.29) is 5.91 Å². The molecule has 0 bridgehead atoms. The largest absolute Gasteiger partial charge is 0.494 e. The van der Waals surface area contributed by atoms with Gasteiger partial charge in [-0.1, -0.05) is 110 Å². The molecule has 0 heterocycles. The van der Waals surface area contributed by atoms with Crippen LogP contribution in [0.3, 0.4) is 0 Å². The summed E-state index contributed by atoms with van der Waals surface area (Å²) in [5.41, 5.74) is 3.86. The molecule has 2 aromatic carbocycles. The smallest absolute Gasteiger partial charge is 0.343 e. The maximum atomic E-state index is 12.4. The van der Waals surface area contributed by atoms with Crippen LogP contribution in [0.4, 0.5) is 0 Å². The van der Waals surface area contributed by atoms with Crippen molar-refractivity contribution < 1.29 is 19.1 Å². The molecule has 232 valence electrons. The third-order valence-corrected chi connectivity index (χ3v) is 7.36. The Bertz CT molecular complexity index is 1000. The quantitative estimate of drug-likeness (QED) is 0.0442. The predicted octanol–water partition coefficient (Wildman–Crippen LogP) is 9.80. The first kappa shape index (κ1) is 35.0. The van der Waals surface area contributed by atoms with Gasteiger partial charge in [-0.25, -0.2) is 10.2 Å². The van der Waals surface area contributed by atoms with E-state index in [1.165, 1.54) is 83.5 Å². The van der Waals surface area contributed by atoms with E-state index in [4.69, 9.17) is 9.47 Å². The molecule has 0 unspecified atom stereocenters. The summed E-state index contributed by atoms with van der Waals surface area (Å²) >= 11 is 0. The highest BCUT2D eigenvalue weighted by atomic mass is 16.5. The van der Waals surface area contributed by atoms with Gasteiger partial charge < -0.3 is 9.47 Å². The van der Waals surface area contributed by atoms with Crippen LogP contribution >= 0.6 is 0 Å². The van der Waals surface area contributed by atoms with Crippen molar-refractivity contribution in [1.29, 1.82) is 0 Å². The number of rotatable bonds is 24. The van der Waals surface area contributed by atoms with Crippen LogP contribution in [0.1, 0.15) is 145 Å². The van der Waals surface area contributed by atoms with Gasteiger partial charge in [-0.15, -0.1) is 0 Å². The molecule has 0 aromatic heterocycles. The van der Waals surface area contributed by atoms with Gasteiger partial charge in [0, 0.05) is 6.42 Å². The van der Waals surface area contributed by atoms with Crippen LogP contribution in [0.25, 0.3) is 0 Å². The molecule has 2 aromatic rings. The highest BCUT2D eigenvalue weighted by Crippen LogP contribution is 2.17. The van der Waals surface area contributed by atoms with Crippen LogP contribution < -0.4 is 14.9 Å². The van der Waals surface area contributed by atoms with E-state index in [0.29, 0.717) is 24.3 Å². The fourth-order valence-electron chi connectivity index (χ4n) is 4.70. The Kier molecular flexibility index (Phi) is 19.5. The summed E-state index contributed by atoms with van der Waals surface area (Å²) in [5, 5.41) is 4.06. The van der Waals surface area contributed by atoms with Crippen molar-refractivity contribution in [2.24, 2.45) is 5.10 Å². The maximum Gasteiger partial charge on any atom is 0.343 e. The first-order chi connectivity index (χ1) is 20.6. The number of unbranched alkanes of at least 4 members (excludes halogenated alkanes) is 15. The Balaban J connectivity index is 1.50. The summed E-state index contributed by atoms with van der Waals surface area (Å²) in [5.74, 6) is 0.694. The molecular formula is C36H54N2O4. The zero-order valence-corrected chi connectivity index (χ0v) is 26.2. The molecule has 2 rings (SSSR count). The van der Waals surface area contributed by atoms with E-state index in [0.717, 1.165) is 37.0 Å². The number of esters is 1. The molecule has 0 fully saturated rings. The standard InChI is InChI=1S/C36H54N2O4/c1-3-5-7-8-9-10-11-12-13-14-15-16-17-18-19-20-35(39)38-37-30-31-21-25-34(26-22-31)42-36(40)32-23-27-33(28-24-32)41-29-6-4-2/h21-28,30H,3-20,29H2,1-2H3,(H,38,39)/b37-30-. The fraction of sp³-hybridized carbons (Fsp3) is 0.583. The van der Waals surface area contributed by atoms with Crippen molar-refractivity contribution in [3.8, 4) is 11.5 Å². The average molecular weight is 579 g/mol. The summed E-state index contributed by atoms with van der Waals surface area (Å²) in [6, 6.07) is 14.0. The third kappa shape index (κ3) is 17.0. The number of hydrogen-bond donors (Lipinski definition) is 1. The lowest BCUT2D eigenvalue weighted by Crippen LogP contribution is -2.16. The van der Waals surface area contributed by atoms with Crippen LogP contribution in [-0.2, 0) is 4.79 Å². The first-order valence-electron chi connectivity index (χ1n) is 16.5. The second-order valence-corrected chi connectivity index (χ2v) is 11.2. The van der Waals surface area contributed by atoms with Crippen molar-refractivity contribution in [3.05, 3.63) is 59.7 Å². The van der Waals surface area contributed by atoms with E-state index >= 15 is 0 Å². The van der Waals surface area contributed by atoms with Crippen LogP contribution in [-0.4, -0.2) is 24.7 Å². The molecule has 0 atom stereocenters. The van der Waals surface area contributed by atoms with Crippen molar-refractivity contribution in [3.63, 3.8) is 0 Å². The molecule has 0 aliphatic carbocycles. The molecule has 42 heavy (non-hydrogen) atoms. The van der Waals surface area contributed by atoms with Crippen molar-refractivity contribution >= 4 is 18.1 Å². The lowest BCUT2D eigenvalue weighted by atomic mass is 10.0. The van der Waals surface area contributed by atoms with Gasteiger partial charge in [-0.3, -0.25) is 4.79 Å². The first-order valence-corrected chi connectivity index (χ1v) is 16.5. The van der Waals surface area contributed by atoms with E-state index < -0.39 is 5.97 Å². The van der Waals surface area contributed by atoms with Crippen molar-refractivity contribution in [2.75, 3.05) is 6.61 Å². The molecule has 0 aliphatic heterocycles. The van der Waals surface area contributed by atoms with Gasteiger partial charge in [0.25, 0.3) is 0 Å². The summed E-state index contributed by atoms with van der Waals surface area (Å²) in [7, 11) is 0. The maximum absolute atomic E-state index is 12.4. The molecular weight excluding hydrogens is 524 g/mol. The Morgan fingerprint density at radius 1 is 0.643 bits per heavy atom. The molecule has 0 radical (unpaired) electrons. The van der Waals surface area contributed by atoms with Gasteiger partial charge in [0.2, 0.25) is 5.91 Å². The van der Waals surface area contributed by atoms with Crippen molar-refractivity contribution in [1.82, 2.24) is 5.43 Å². The Labute approximate surface area is 254 Å². The molecule has 1 amide bonds. The predicted molar refractivity (Wildman–Crippen MR) is 174 cm³/mol. The molecule has 0 saturated heterocycles. The second-order valence-electron chi connectivity index (χ2n) is 11.2. The minimum atomic E-state index is -0.428. The van der Waals surface area contributed by atoms with Crippen LogP contribution in [0.5, 0.6) is 11.5 Å². The topological polar surface area (TPSA) is 77.0 Å². The molecule has 0 spiro atoms. The number of nitrogens with zero attached hydrogens (tertiary/aromatic N) is 1. The van der Waals surface area contributed by atoms with E-state index in [1.807, 2.05) is 0 Å². The normalized spacial score (nSPS) is 11.1. The Morgan fingerprint density at radius 2 is 1.14 bits per heavy atom. The summed E-state index contributed by atoms with van der Waals surface area (Å²) in [6.07, 6.45) is 23.8. The average Bonchev–Trinajstić information content (AvgIpc) is 3.00. The summed E-state index contributed by atoms with van der Waals surface area (Å²) in [4.78, 5) is 24.5. The van der Waals surface area contributed by atoms with E-state index in [2.05, 4.69) is 24.4 Å². The Hall–Kier alpha value is -3.15. The van der Waals surface area contributed by atoms with E-state index in [1.54, 1.807) is 54.7 Å². The number of ether oxygens (including phenoxy) is 2. The number of carbonyl (C=O) groups excluding carboxylic acids is 2. The van der Waals surface area contributed by atoms with Gasteiger partial charge >= 0.3 is 5.97 Å². The number of carbonyl (C=O) groups is 2. The van der Waals surface area contributed by atoms with Crippen LogP contribution in [0.15, 0.2) is 53.6 Å². The molecule has 6 nitrogen and oxygen atoms in total. The summed E-state index contributed by atoms with van der Waals surface area (Å²) < 4.78 is 11.1. The molecule has 0 saturated carbocycles. The summed E-state index contributed by atoms with van der Waals surface area (Å²) in [6.45, 7) is 5.05. The van der Waals surface area contributed by atoms with Gasteiger partial charge in [0.1, 0.15) is 11.5 Å². The lowest BCUT2D eigenvalue weighted by Gasteiger charge is -2.07. The number of hydrogen-bond acceptors (Lipinski definition) is 5. The monoisotopic (exact) mass is 578 g/mol. The zero-order chi connectivity index (χ0) is 30.1. The Morgan fingerprint density at radius 3 is 1.69 bits per heavy atom. The van der Waals surface area contributed by atoms with Gasteiger partial charge in [-0.05, 0) is 66.9 Å². The second kappa shape index (κ2) is 23.4.